The molecule has 5 rings (SSSR count). The number of benzene rings is 2. The molecule has 30 heavy (non-hydrogen) atoms. The van der Waals surface area contributed by atoms with Gasteiger partial charge in [0.25, 0.3) is 0 Å². The van der Waals surface area contributed by atoms with Crippen LogP contribution < -0.4 is 0 Å². The zero-order chi connectivity index (χ0) is 19.1. The second kappa shape index (κ2) is 9.66. The highest BCUT2D eigenvalue weighted by atomic mass is 35.5. The number of hydrogen-bond acceptors (Lipinski definition) is 6. The summed E-state index contributed by atoms with van der Waals surface area (Å²) in [5, 5.41) is 12.6. The molecule has 6 nitrogen and oxygen atoms in total. The number of tetrazole rings is 1. The molecule has 2 aromatic carbocycles. The summed E-state index contributed by atoms with van der Waals surface area (Å²) in [6.07, 6.45) is 1.04. The smallest absolute Gasteiger partial charge is 0.204 e. The van der Waals surface area contributed by atoms with E-state index in [1.807, 2.05) is 11.8 Å². The minimum Gasteiger partial charge on any atom is -0.304 e. The lowest BCUT2D eigenvalue weighted by Crippen LogP contribution is -2.46. The minimum absolute atomic E-state index is 0. The van der Waals surface area contributed by atoms with Gasteiger partial charge in [0.1, 0.15) is 0 Å². The summed E-state index contributed by atoms with van der Waals surface area (Å²) in [5.74, 6) is 0.689. The Morgan fingerprint density at radius 3 is 2.43 bits per heavy atom. The minimum atomic E-state index is 0. The molecular weight excluding hydrogens is 439 g/mol. The quantitative estimate of drug-likeness (QED) is 0.575. The third kappa shape index (κ3) is 4.50. The van der Waals surface area contributed by atoms with Gasteiger partial charge >= 0.3 is 0 Å². The molecule has 3 aromatic rings. The maximum atomic E-state index is 4.41. The van der Waals surface area contributed by atoms with Gasteiger partial charge in [0, 0.05) is 47.6 Å². The lowest BCUT2D eigenvalue weighted by molar-refractivity contribution is 0.110. The highest BCUT2D eigenvalue weighted by Gasteiger charge is 2.29. The highest BCUT2D eigenvalue weighted by Crippen LogP contribution is 2.44. The highest BCUT2D eigenvalue weighted by molar-refractivity contribution is 7.99. The lowest BCUT2D eigenvalue weighted by atomic mass is 9.95. The fourth-order valence-corrected chi connectivity index (χ4v) is 5.22. The molecule has 3 heterocycles. The van der Waals surface area contributed by atoms with Gasteiger partial charge in [-0.15, -0.1) is 35.0 Å². The molecule has 160 valence electrons. The Labute approximate surface area is 193 Å². The van der Waals surface area contributed by atoms with Crippen molar-refractivity contribution in [1.29, 1.82) is 0 Å². The van der Waals surface area contributed by atoms with Crippen LogP contribution in [-0.2, 0) is 13.5 Å². The standard InChI is InChI=1S/C21H24N6S.2ClH/c1-25-9-11-27(12-10-25)18-14-15-5-3-4-6-19(15)28-20-8-7-16(13-17(18)20)21-22-24-26(2)23-21;;/h3-8,13,18H,9-12,14H2,1-2H3;2*1H. The third-order valence-corrected chi connectivity index (χ3v) is 6.93. The molecule has 1 saturated heterocycles. The van der Waals surface area contributed by atoms with Crippen molar-refractivity contribution < 1.29 is 0 Å². The zero-order valence-corrected chi connectivity index (χ0v) is 19.5. The van der Waals surface area contributed by atoms with Gasteiger partial charge in [0.15, 0.2) is 0 Å². The van der Waals surface area contributed by atoms with Crippen LogP contribution in [-0.4, -0.2) is 63.2 Å². The molecule has 2 aliphatic rings. The molecule has 0 saturated carbocycles. The van der Waals surface area contributed by atoms with E-state index in [9.17, 15) is 0 Å². The Balaban J connectivity index is 0.00000128. The van der Waals surface area contributed by atoms with Crippen molar-refractivity contribution in [2.45, 2.75) is 22.3 Å². The van der Waals surface area contributed by atoms with E-state index < -0.39 is 0 Å². The van der Waals surface area contributed by atoms with Gasteiger partial charge in [-0.25, -0.2) is 0 Å². The summed E-state index contributed by atoms with van der Waals surface area (Å²) in [4.78, 5) is 9.28. The van der Waals surface area contributed by atoms with Crippen molar-refractivity contribution in [3.63, 3.8) is 0 Å². The van der Waals surface area contributed by atoms with Crippen LogP contribution in [0.3, 0.4) is 0 Å². The van der Waals surface area contributed by atoms with Gasteiger partial charge < -0.3 is 4.90 Å². The molecule has 2 aliphatic heterocycles. The van der Waals surface area contributed by atoms with Crippen LogP contribution in [0.5, 0.6) is 0 Å². The van der Waals surface area contributed by atoms with Crippen molar-refractivity contribution in [2.24, 2.45) is 7.05 Å². The Bertz CT molecular complexity index is 1000. The number of halogens is 2. The van der Waals surface area contributed by atoms with Crippen LogP contribution in [0, 0.1) is 0 Å². The summed E-state index contributed by atoms with van der Waals surface area (Å²) < 4.78 is 0. The van der Waals surface area contributed by atoms with Gasteiger partial charge in [-0.2, -0.15) is 4.80 Å². The van der Waals surface area contributed by atoms with Crippen molar-refractivity contribution in [3.8, 4) is 11.4 Å². The van der Waals surface area contributed by atoms with Crippen molar-refractivity contribution in [1.82, 2.24) is 30.0 Å². The Kier molecular flexibility index (Phi) is 7.42. The molecule has 0 N–H and O–H groups in total. The summed E-state index contributed by atoms with van der Waals surface area (Å²) in [5.41, 5.74) is 3.86. The molecule has 0 radical (unpaired) electrons. The van der Waals surface area contributed by atoms with Crippen LogP contribution >= 0.6 is 36.6 Å². The zero-order valence-electron chi connectivity index (χ0n) is 17.1. The van der Waals surface area contributed by atoms with Crippen LogP contribution in [0.25, 0.3) is 11.4 Å². The van der Waals surface area contributed by atoms with E-state index in [1.54, 1.807) is 7.05 Å². The fourth-order valence-electron chi connectivity index (χ4n) is 4.11. The lowest BCUT2D eigenvalue weighted by Gasteiger charge is -2.38. The van der Waals surface area contributed by atoms with E-state index in [2.05, 4.69) is 74.7 Å². The summed E-state index contributed by atoms with van der Waals surface area (Å²) in [7, 11) is 4.01. The average Bonchev–Trinajstić information content (AvgIpc) is 3.07. The summed E-state index contributed by atoms with van der Waals surface area (Å²) >= 11 is 1.88. The summed E-state index contributed by atoms with van der Waals surface area (Å²) in [6, 6.07) is 15.8. The molecule has 0 bridgehead atoms. The van der Waals surface area contributed by atoms with Crippen LogP contribution in [0.4, 0.5) is 0 Å². The normalized spacial score (nSPS) is 19.1. The Hall–Kier alpha value is -1.64. The number of nitrogens with zero attached hydrogens (tertiary/aromatic N) is 6. The van der Waals surface area contributed by atoms with Crippen LogP contribution in [0.1, 0.15) is 17.2 Å². The maximum absolute atomic E-state index is 4.41. The first-order valence-electron chi connectivity index (χ1n) is 9.74. The second-order valence-corrected chi connectivity index (χ2v) is 8.71. The number of rotatable bonds is 2. The number of aryl methyl sites for hydroxylation is 1. The van der Waals surface area contributed by atoms with E-state index in [-0.39, 0.29) is 24.8 Å². The number of fused-ring (bicyclic) bond motifs is 2. The first kappa shape index (κ1) is 23.0. The van der Waals surface area contributed by atoms with E-state index in [1.165, 1.54) is 25.7 Å². The van der Waals surface area contributed by atoms with Gasteiger partial charge in [-0.05, 0) is 54.1 Å². The van der Waals surface area contributed by atoms with Crippen LogP contribution in [0.2, 0.25) is 0 Å². The predicted octanol–water partition coefficient (Wildman–Crippen LogP) is 3.72. The summed E-state index contributed by atoms with van der Waals surface area (Å²) in [6.45, 7) is 4.43. The van der Waals surface area contributed by atoms with Crippen molar-refractivity contribution in [3.05, 3.63) is 53.6 Å². The van der Waals surface area contributed by atoms with Gasteiger partial charge in [-0.3, -0.25) is 4.90 Å². The van der Waals surface area contributed by atoms with Crippen molar-refractivity contribution in [2.75, 3.05) is 33.2 Å². The molecule has 0 spiro atoms. The van der Waals surface area contributed by atoms with Crippen LogP contribution in [0.15, 0.2) is 52.3 Å². The number of aromatic nitrogens is 4. The average molecular weight is 465 g/mol. The first-order valence-corrected chi connectivity index (χ1v) is 10.6. The molecule has 1 atom stereocenters. The molecule has 1 fully saturated rings. The van der Waals surface area contributed by atoms with E-state index in [4.69, 9.17) is 0 Å². The Morgan fingerprint density at radius 1 is 0.933 bits per heavy atom. The molecule has 9 heteroatoms. The molecule has 0 aliphatic carbocycles. The topological polar surface area (TPSA) is 50.1 Å². The van der Waals surface area contributed by atoms with E-state index in [0.29, 0.717) is 11.9 Å². The predicted molar refractivity (Wildman–Crippen MR) is 125 cm³/mol. The Morgan fingerprint density at radius 2 is 1.70 bits per heavy atom. The van der Waals surface area contributed by atoms with Crippen molar-refractivity contribution >= 4 is 36.6 Å². The number of piperazine rings is 1. The maximum Gasteiger partial charge on any atom is 0.204 e. The first-order chi connectivity index (χ1) is 13.7. The SMILES string of the molecule is CN1CCN(C2Cc3ccccc3Sc3ccc(-c4nnn(C)n4)cc32)CC1.Cl.Cl. The molecule has 0 amide bonds. The van der Waals surface area contributed by atoms with Gasteiger partial charge in [0.2, 0.25) is 5.82 Å². The molecule has 1 unspecified atom stereocenters. The van der Waals surface area contributed by atoms with E-state index >= 15 is 0 Å². The largest absolute Gasteiger partial charge is 0.304 e. The second-order valence-electron chi connectivity index (χ2n) is 7.62. The fraction of sp³-hybridized carbons (Fsp3) is 0.381. The van der Waals surface area contributed by atoms with Gasteiger partial charge in [-0.1, -0.05) is 30.0 Å². The molecular formula is C21H26Cl2N6S. The monoisotopic (exact) mass is 464 g/mol. The number of likely N-dealkylation sites (N-methyl/N-ethyl adjacent to an activating group) is 1. The van der Waals surface area contributed by atoms with E-state index in [0.717, 1.165) is 38.2 Å². The molecule has 1 aromatic heterocycles. The third-order valence-electron chi connectivity index (χ3n) is 5.72. The number of hydrogen-bond donors (Lipinski definition) is 0. The van der Waals surface area contributed by atoms with Gasteiger partial charge in [0.05, 0.1) is 7.05 Å².